The van der Waals surface area contributed by atoms with Crippen molar-refractivity contribution in [2.75, 3.05) is 13.6 Å². The number of hydrogen-bond donors (Lipinski definition) is 0. The van der Waals surface area contributed by atoms with Gasteiger partial charge >= 0.3 is 0 Å². The van der Waals surface area contributed by atoms with Gasteiger partial charge in [0, 0.05) is 19.5 Å². The van der Waals surface area contributed by atoms with Crippen LogP contribution in [0.3, 0.4) is 0 Å². The molecule has 1 heterocycles. The predicted molar refractivity (Wildman–Crippen MR) is 54.4 cm³/mol. The van der Waals surface area contributed by atoms with Gasteiger partial charge in [-0.1, -0.05) is 20.8 Å². The van der Waals surface area contributed by atoms with E-state index in [1.165, 1.54) is 12.8 Å². The molecule has 2 atom stereocenters. The smallest absolute Gasteiger partial charge is 0.225 e. The number of carbonyl (C=O) groups is 1. The number of amides is 1. The van der Waals surface area contributed by atoms with Crippen molar-refractivity contribution in [2.24, 2.45) is 17.8 Å². The maximum atomic E-state index is 11.6. The monoisotopic (exact) mass is 183 g/mol. The molecule has 0 saturated carbocycles. The van der Waals surface area contributed by atoms with Gasteiger partial charge in [-0.05, 0) is 24.7 Å². The highest BCUT2D eigenvalue weighted by Crippen LogP contribution is 2.28. The number of likely N-dealkylation sites (tertiary alicyclic amines) is 1. The third kappa shape index (κ3) is 2.45. The Morgan fingerprint density at radius 2 is 2.15 bits per heavy atom. The normalized spacial score (nSPS) is 29.9. The van der Waals surface area contributed by atoms with E-state index in [4.69, 9.17) is 0 Å². The van der Waals surface area contributed by atoms with Crippen LogP contribution in [0, 0.1) is 17.8 Å². The molecular weight excluding hydrogens is 162 g/mol. The second kappa shape index (κ2) is 4.12. The Hall–Kier alpha value is -0.530. The summed E-state index contributed by atoms with van der Waals surface area (Å²) in [7, 11) is 1.91. The number of hydrogen-bond acceptors (Lipinski definition) is 1. The van der Waals surface area contributed by atoms with Crippen molar-refractivity contribution in [3.8, 4) is 0 Å². The molecular formula is C11H21NO. The van der Waals surface area contributed by atoms with Crippen molar-refractivity contribution < 1.29 is 4.79 Å². The molecule has 13 heavy (non-hydrogen) atoms. The second-order valence-corrected chi connectivity index (χ2v) is 4.73. The number of rotatable bonds is 2. The average Bonchev–Trinajstić information content (AvgIpc) is 2.06. The topological polar surface area (TPSA) is 20.3 Å². The van der Waals surface area contributed by atoms with E-state index in [-0.39, 0.29) is 5.92 Å². The Kier molecular flexibility index (Phi) is 3.34. The lowest BCUT2D eigenvalue weighted by molar-refractivity contribution is -0.139. The Bertz CT molecular complexity index is 189. The molecule has 1 aliphatic heterocycles. The first-order valence-electron chi connectivity index (χ1n) is 5.27. The lowest BCUT2D eigenvalue weighted by atomic mass is 9.81. The van der Waals surface area contributed by atoms with Gasteiger partial charge in [0.2, 0.25) is 5.91 Å². The molecule has 0 aromatic rings. The summed E-state index contributed by atoms with van der Waals surface area (Å²) < 4.78 is 0. The van der Waals surface area contributed by atoms with E-state index in [1.807, 2.05) is 11.9 Å². The highest BCUT2D eigenvalue weighted by molar-refractivity contribution is 5.79. The average molecular weight is 183 g/mol. The fraction of sp³-hybridized carbons (Fsp3) is 0.909. The van der Waals surface area contributed by atoms with Crippen LogP contribution in [-0.2, 0) is 4.79 Å². The molecule has 0 spiro atoms. The van der Waals surface area contributed by atoms with Gasteiger partial charge in [-0.25, -0.2) is 0 Å². The van der Waals surface area contributed by atoms with E-state index in [2.05, 4.69) is 20.8 Å². The molecule has 1 amide bonds. The van der Waals surface area contributed by atoms with E-state index in [0.29, 0.717) is 17.7 Å². The summed E-state index contributed by atoms with van der Waals surface area (Å²) in [5.41, 5.74) is 0. The molecule has 1 aliphatic rings. The van der Waals surface area contributed by atoms with Gasteiger partial charge in [0.05, 0.1) is 0 Å². The van der Waals surface area contributed by atoms with Crippen LogP contribution in [-0.4, -0.2) is 24.4 Å². The molecule has 1 fully saturated rings. The molecule has 2 heteroatoms. The molecule has 0 radical (unpaired) electrons. The first-order chi connectivity index (χ1) is 6.02. The third-order valence-electron chi connectivity index (χ3n) is 3.08. The number of nitrogens with zero attached hydrogens (tertiary/aromatic N) is 1. The summed E-state index contributed by atoms with van der Waals surface area (Å²) in [6.07, 6.45) is 2.38. The van der Waals surface area contributed by atoms with E-state index in [1.54, 1.807) is 0 Å². The van der Waals surface area contributed by atoms with Crippen LogP contribution in [0.2, 0.25) is 0 Å². The van der Waals surface area contributed by atoms with Gasteiger partial charge in [-0.15, -0.1) is 0 Å². The fourth-order valence-electron chi connectivity index (χ4n) is 2.20. The zero-order valence-corrected chi connectivity index (χ0v) is 9.21. The molecule has 1 saturated heterocycles. The maximum absolute atomic E-state index is 11.6. The quantitative estimate of drug-likeness (QED) is 0.642. The first kappa shape index (κ1) is 10.6. The SMILES string of the molecule is CC(C)CC1CCN(C)C(=O)[C@H]1C. The van der Waals surface area contributed by atoms with Crippen LogP contribution in [0.1, 0.15) is 33.6 Å². The van der Waals surface area contributed by atoms with Crippen molar-refractivity contribution in [2.45, 2.75) is 33.6 Å². The Morgan fingerprint density at radius 1 is 1.54 bits per heavy atom. The minimum absolute atomic E-state index is 0.237. The van der Waals surface area contributed by atoms with E-state index in [9.17, 15) is 4.79 Å². The summed E-state index contributed by atoms with van der Waals surface area (Å²) in [6.45, 7) is 7.48. The molecule has 1 unspecified atom stereocenters. The zero-order valence-electron chi connectivity index (χ0n) is 9.21. The van der Waals surface area contributed by atoms with E-state index < -0.39 is 0 Å². The summed E-state index contributed by atoms with van der Waals surface area (Å²) in [5, 5.41) is 0. The minimum Gasteiger partial charge on any atom is -0.346 e. The van der Waals surface area contributed by atoms with Crippen molar-refractivity contribution in [1.29, 1.82) is 0 Å². The summed E-state index contributed by atoms with van der Waals surface area (Å²) >= 11 is 0. The minimum atomic E-state index is 0.237. The predicted octanol–water partition coefficient (Wildman–Crippen LogP) is 2.15. The number of carbonyl (C=O) groups excluding carboxylic acids is 1. The van der Waals surface area contributed by atoms with Crippen LogP contribution in [0.15, 0.2) is 0 Å². The summed E-state index contributed by atoms with van der Waals surface area (Å²) in [4.78, 5) is 13.5. The molecule has 2 nitrogen and oxygen atoms in total. The largest absolute Gasteiger partial charge is 0.346 e. The van der Waals surface area contributed by atoms with Crippen LogP contribution in [0.25, 0.3) is 0 Å². The van der Waals surface area contributed by atoms with Crippen molar-refractivity contribution in [3.63, 3.8) is 0 Å². The van der Waals surface area contributed by atoms with Crippen molar-refractivity contribution in [1.82, 2.24) is 4.90 Å². The lowest BCUT2D eigenvalue weighted by Crippen LogP contribution is -2.42. The molecule has 0 aromatic carbocycles. The molecule has 76 valence electrons. The molecule has 0 N–H and O–H groups in total. The van der Waals surface area contributed by atoms with Gasteiger partial charge < -0.3 is 4.90 Å². The highest BCUT2D eigenvalue weighted by Gasteiger charge is 2.31. The van der Waals surface area contributed by atoms with Gasteiger partial charge in [0.1, 0.15) is 0 Å². The van der Waals surface area contributed by atoms with Crippen molar-refractivity contribution >= 4 is 5.91 Å². The van der Waals surface area contributed by atoms with Gasteiger partial charge in [0.25, 0.3) is 0 Å². The molecule has 1 rings (SSSR count). The summed E-state index contributed by atoms with van der Waals surface area (Å²) in [6, 6.07) is 0. The highest BCUT2D eigenvalue weighted by atomic mass is 16.2. The summed E-state index contributed by atoms with van der Waals surface area (Å²) in [5.74, 6) is 1.89. The van der Waals surface area contributed by atoms with Crippen molar-refractivity contribution in [3.05, 3.63) is 0 Å². The van der Waals surface area contributed by atoms with Gasteiger partial charge in [0.15, 0.2) is 0 Å². The van der Waals surface area contributed by atoms with E-state index in [0.717, 1.165) is 6.54 Å². The fourth-order valence-corrected chi connectivity index (χ4v) is 2.20. The standard InChI is InChI=1S/C11H21NO/c1-8(2)7-10-5-6-12(4)11(13)9(10)3/h8-10H,5-7H2,1-4H3/t9-,10?/m0/s1. The Morgan fingerprint density at radius 3 is 2.69 bits per heavy atom. The molecule has 0 aliphatic carbocycles. The number of piperidine rings is 1. The molecule has 0 aromatic heterocycles. The van der Waals surface area contributed by atoms with Crippen LogP contribution >= 0.6 is 0 Å². The van der Waals surface area contributed by atoms with E-state index >= 15 is 0 Å². The first-order valence-corrected chi connectivity index (χ1v) is 5.27. The van der Waals surface area contributed by atoms with Gasteiger partial charge in [-0.3, -0.25) is 4.79 Å². The maximum Gasteiger partial charge on any atom is 0.225 e. The van der Waals surface area contributed by atoms with Gasteiger partial charge in [-0.2, -0.15) is 0 Å². The Labute approximate surface area is 81.3 Å². The van der Waals surface area contributed by atoms with Crippen LogP contribution in [0.5, 0.6) is 0 Å². The third-order valence-corrected chi connectivity index (χ3v) is 3.08. The Balaban J connectivity index is 2.54. The second-order valence-electron chi connectivity index (χ2n) is 4.73. The lowest BCUT2D eigenvalue weighted by Gasteiger charge is -2.34. The zero-order chi connectivity index (χ0) is 10.0. The molecule has 0 bridgehead atoms. The van der Waals surface area contributed by atoms with Crippen LogP contribution < -0.4 is 0 Å². The van der Waals surface area contributed by atoms with Crippen LogP contribution in [0.4, 0.5) is 0 Å².